The second kappa shape index (κ2) is 7.19. The number of carboxylic acid groups (broad SMARTS) is 1. The predicted octanol–water partition coefficient (Wildman–Crippen LogP) is 0.958. The molecule has 7 nitrogen and oxygen atoms in total. The molecule has 0 saturated heterocycles. The van der Waals surface area contributed by atoms with E-state index in [9.17, 15) is 18.0 Å². The number of carbonyl (C=O) groups excluding carboxylic acids is 1. The number of hydrogen-bond acceptors (Lipinski definition) is 5. The Labute approximate surface area is 123 Å². The van der Waals surface area contributed by atoms with Gasteiger partial charge in [0, 0.05) is 20.0 Å². The Morgan fingerprint density at radius 1 is 1.33 bits per heavy atom. The third-order valence-corrected chi connectivity index (χ3v) is 4.68. The second-order valence-corrected chi connectivity index (χ2v) is 6.39. The summed E-state index contributed by atoms with van der Waals surface area (Å²) >= 11 is 0. The number of aliphatic carboxylic acids is 1. The van der Waals surface area contributed by atoms with Gasteiger partial charge in [0.05, 0.1) is 17.6 Å². The maximum absolute atomic E-state index is 12.3. The van der Waals surface area contributed by atoms with Crippen LogP contribution in [0.25, 0.3) is 0 Å². The normalized spacial score (nSPS) is 11.4. The summed E-state index contributed by atoms with van der Waals surface area (Å²) in [4.78, 5) is 21.8. The van der Waals surface area contributed by atoms with E-state index in [0.717, 1.165) is 4.31 Å². The van der Waals surface area contributed by atoms with Gasteiger partial charge in [-0.25, -0.2) is 17.5 Å². The predicted molar refractivity (Wildman–Crippen MR) is 74.5 cm³/mol. The maximum atomic E-state index is 12.3. The third-order valence-electron chi connectivity index (χ3n) is 2.83. The van der Waals surface area contributed by atoms with Gasteiger partial charge in [-0.05, 0) is 24.6 Å². The largest absolute Gasteiger partial charge is 0.481 e. The van der Waals surface area contributed by atoms with Crippen LogP contribution in [0.1, 0.15) is 23.2 Å². The maximum Gasteiger partial charge on any atom is 0.337 e. The lowest BCUT2D eigenvalue weighted by Gasteiger charge is -2.17. The second-order valence-electron chi connectivity index (χ2n) is 4.34. The summed E-state index contributed by atoms with van der Waals surface area (Å²) in [6.45, 7) is 0.0804. The quantitative estimate of drug-likeness (QED) is 0.752. The van der Waals surface area contributed by atoms with E-state index in [0.29, 0.717) is 0 Å². The molecular weight excluding hydrogens is 298 g/mol. The van der Waals surface area contributed by atoms with Gasteiger partial charge in [0.25, 0.3) is 0 Å². The van der Waals surface area contributed by atoms with Crippen molar-refractivity contribution in [2.45, 2.75) is 17.7 Å². The minimum Gasteiger partial charge on any atom is -0.481 e. The van der Waals surface area contributed by atoms with Gasteiger partial charge >= 0.3 is 11.9 Å². The molecule has 0 saturated carbocycles. The van der Waals surface area contributed by atoms with Crippen molar-refractivity contribution in [3.8, 4) is 0 Å². The summed E-state index contributed by atoms with van der Waals surface area (Å²) in [5.74, 6) is -1.60. The molecule has 0 atom stereocenters. The molecule has 0 aliphatic rings. The van der Waals surface area contributed by atoms with Crippen LogP contribution >= 0.6 is 0 Å². The third kappa shape index (κ3) is 4.54. The van der Waals surface area contributed by atoms with Crippen LogP contribution < -0.4 is 0 Å². The molecule has 0 bridgehead atoms. The summed E-state index contributed by atoms with van der Waals surface area (Å²) in [5, 5.41) is 8.55. The lowest BCUT2D eigenvalue weighted by atomic mass is 10.2. The molecule has 0 radical (unpaired) electrons. The highest BCUT2D eigenvalue weighted by Crippen LogP contribution is 2.17. The molecule has 0 aliphatic heterocycles. The number of esters is 1. The van der Waals surface area contributed by atoms with Crippen molar-refractivity contribution in [1.82, 2.24) is 4.31 Å². The number of benzene rings is 1. The molecule has 116 valence electrons. The number of rotatable bonds is 7. The van der Waals surface area contributed by atoms with Crippen molar-refractivity contribution in [3.63, 3.8) is 0 Å². The molecule has 0 heterocycles. The van der Waals surface area contributed by atoms with E-state index in [-0.39, 0.29) is 29.8 Å². The van der Waals surface area contributed by atoms with Gasteiger partial charge in [-0.3, -0.25) is 4.79 Å². The minimum absolute atomic E-state index is 0.0387. The monoisotopic (exact) mass is 315 g/mol. The summed E-state index contributed by atoms with van der Waals surface area (Å²) in [6, 6.07) is 5.50. The molecule has 0 unspecified atom stereocenters. The Morgan fingerprint density at radius 3 is 2.57 bits per heavy atom. The van der Waals surface area contributed by atoms with Gasteiger partial charge in [-0.1, -0.05) is 6.07 Å². The molecule has 1 aromatic carbocycles. The molecule has 1 N–H and O–H groups in total. The van der Waals surface area contributed by atoms with E-state index in [1.54, 1.807) is 0 Å². The first-order valence-corrected chi connectivity index (χ1v) is 7.59. The van der Waals surface area contributed by atoms with Gasteiger partial charge in [0.15, 0.2) is 0 Å². The molecule has 1 rings (SSSR count). The average Bonchev–Trinajstić information content (AvgIpc) is 2.46. The van der Waals surface area contributed by atoms with Crippen molar-refractivity contribution in [2.75, 3.05) is 20.7 Å². The number of methoxy groups -OCH3 is 1. The Kier molecular flexibility index (Phi) is 5.86. The SMILES string of the molecule is COC(=O)c1cccc(S(=O)(=O)N(C)CCCC(=O)O)c1. The summed E-state index contributed by atoms with van der Waals surface area (Å²) in [5.41, 5.74) is 0.137. The molecular formula is C13H17NO6S. The Morgan fingerprint density at radius 2 is 2.00 bits per heavy atom. The summed E-state index contributed by atoms with van der Waals surface area (Å²) in [7, 11) is -1.20. The van der Waals surface area contributed by atoms with Gasteiger partial charge in [-0.2, -0.15) is 0 Å². The zero-order valence-electron chi connectivity index (χ0n) is 11.8. The van der Waals surface area contributed by atoms with Crippen LogP contribution in [0.3, 0.4) is 0 Å². The van der Waals surface area contributed by atoms with E-state index < -0.39 is 22.0 Å². The molecule has 1 aromatic rings. The lowest BCUT2D eigenvalue weighted by molar-refractivity contribution is -0.137. The Bertz CT molecular complexity index is 625. The van der Waals surface area contributed by atoms with Crippen molar-refractivity contribution in [2.24, 2.45) is 0 Å². The standard InChI is InChI=1S/C13H17NO6S/c1-14(8-4-7-12(15)16)21(18,19)11-6-3-5-10(9-11)13(17)20-2/h3,5-6,9H,4,7-8H2,1-2H3,(H,15,16). The number of carbonyl (C=O) groups is 2. The number of carboxylic acids is 1. The van der Waals surface area contributed by atoms with Crippen LogP contribution in [0.2, 0.25) is 0 Å². The Hall–Kier alpha value is -1.93. The van der Waals surface area contributed by atoms with Crippen LogP contribution in [0, 0.1) is 0 Å². The van der Waals surface area contributed by atoms with Gasteiger partial charge in [0.2, 0.25) is 10.0 Å². The number of hydrogen-bond donors (Lipinski definition) is 1. The summed E-state index contributed by atoms with van der Waals surface area (Å²) in [6.07, 6.45) is 0.101. The van der Waals surface area contributed by atoms with Crippen LogP contribution in [0.5, 0.6) is 0 Å². The molecule has 0 aromatic heterocycles. The fraction of sp³-hybridized carbons (Fsp3) is 0.385. The smallest absolute Gasteiger partial charge is 0.337 e. The first-order valence-electron chi connectivity index (χ1n) is 6.15. The molecule has 8 heteroatoms. The lowest BCUT2D eigenvalue weighted by Crippen LogP contribution is -2.28. The van der Waals surface area contributed by atoms with Gasteiger partial charge in [-0.15, -0.1) is 0 Å². The topological polar surface area (TPSA) is 101 Å². The van der Waals surface area contributed by atoms with Crippen LogP contribution in [-0.2, 0) is 19.6 Å². The minimum atomic E-state index is -3.77. The van der Waals surface area contributed by atoms with E-state index in [2.05, 4.69) is 4.74 Å². The molecule has 0 fully saturated rings. The van der Waals surface area contributed by atoms with E-state index in [1.807, 2.05) is 0 Å². The van der Waals surface area contributed by atoms with Crippen molar-refractivity contribution < 1.29 is 27.9 Å². The first-order chi connectivity index (χ1) is 9.78. The van der Waals surface area contributed by atoms with Crippen LogP contribution in [0.15, 0.2) is 29.2 Å². The van der Waals surface area contributed by atoms with Gasteiger partial charge < -0.3 is 9.84 Å². The first kappa shape index (κ1) is 17.1. The molecule has 21 heavy (non-hydrogen) atoms. The highest BCUT2D eigenvalue weighted by atomic mass is 32.2. The summed E-state index contributed by atoms with van der Waals surface area (Å²) < 4.78 is 30.2. The Balaban J connectivity index is 2.91. The average molecular weight is 315 g/mol. The highest BCUT2D eigenvalue weighted by Gasteiger charge is 2.21. The fourth-order valence-electron chi connectivity index (χ4n) is 1.65. The van der Waals surface area contributed by atoms with Crippen molar-refractivity contribution in [3.05, 3.63) is 29.8 Å². The van der Waals surface area contributed by atoms with Crippen molar-refractivity contribution in [1.29, 1.82) is 0 Å². The van der Waals surface area contributed by atoms with E-state index >= 15 is 0 Å². The molecule has 0 aliphatic carbocycles. The zero-order valence-corrected chi connectivity index (χ0v) is 12.6. The molecule has 0 amide bonds. The van der Waals surface area contributed by atoms with E-state index in [1.165, 1.54) is 38.4 Å². The number of sulfonamides is 1. The fourth-order valence-corrected chi connectivity index (χ4v) is 2.91. The molecule has 0 spiro atoms. The van der Waals surface area contributed by atoms with Crippen LogP contribution in [-0.4, -0.2) is 50.5 Å². The van der Waals surface area contributed by atoms with Gasteiger partial charge in [0.1, 0.15) is 0 Å². The highest BCUT2D eigenvalue weighted by molar-refractivity contribution is 7.89. The van der Waals surface area contributed by atoms with Crippen molar-refractivity contribution >= 4 is 22.0 Å². The number of nitrogens with zero attached hydrogens (tertiary/aromatic N) is 1. The van der Waals surface area contributed by atoms with E-state index in [4.69, 9.17) is 5.11 Å². The number of ether oxygens (including phenoxy) is 1. The van der Waals surface area contributed by atoms with Crippen LogP contribution in [0.4, 0.5) is 0 Å². The zero-order chi connectivity index (χ0) is 16.0.